The fourth-order valence-corrected chi connectivity index (χ4v) is 4.91. The summed E-state index contributed by atoms with van der Waals surface area (Å²) in [7, 11) is 0. The Morgan fingerprint density at radius 1 is 0.952 bits per heavy atom. The molecule has 222 valence electrons. The second kappa shape index (κ2) is 13.1. The van der Waals surface area contributed by atoms with Gasteiger partial charge < -0.3 is 18.9 Å². The molecule has 13 heteroatoms. The highest BCUT2D eigenvalue weighted by Crippen LogP contribution is 2.40. The van der Waals surface area contributed by atoms with Crippen LogP contribution in [0.4, 0.5) is 14.5 Å². The van der Waals surface area contributed by atoms with E-state index in [1.54, 1.807) is 0 Å². The zero-order chi connectivity index (χ0) is 29.8. The first-order valence-corrected chi connectivity index (χ1v) is 14.0. The van der Waals surface area contributed by atoms with Crippen LogP contribution >= 0.6 is 23.2 Å². The SMILES string of the molecule is O=C(OC[C@@H](c1ccc(OC(F)F)c(OCC2CC2)c1)c1c(Cl)cncc1Cl)c1ccc([N+](=O)[O-])c(OCC2CC2)c1. The predicted octanol–water partition coefficient (Wildman–Crippen LogP) is 7.46. The number of esters is 1. The summed E-state index contributed by atoms with van der Waals surface area (Å²) in [6.45, 7) is -2.67. The van der Waals surface area contributed by atoms with E-state index >= 15 is 0 Å². The molecule has 2 aliphatic rings. The Kier molecular flexibility index (Phi) is 9.27. The van der Waals surface area contributed by atoms with Crippen molar-refractivity contribution >= 4 is 34.9 Å². The number of ether oxygens (including phenoxy) is 4. The van der Waals surface area contributed by atoms with Crippen LogP contribution in [-0.4, -0.2) is 42.3 Å². The molecule has 2 saturated carbocycles. The summed E-state index contributed by atoms with van der Waals surface area (Å²) < 4.78 is 47.9. The third-order valence-electron chi connectivity index (χ3n) is 6.94. The maximum Gasteiger partial charge on any atom is 0.387 e. The number of pyridine rings is 1. The minimum atomic E-state index is -3.06. The van der Waals surface area contributed by atoms with Gasteiger partial charge in [-0.05, 0) is 61.3 Å². The molecular formula is C29H26Cl2F2N2O7. The highest BCUT2D eigenvalue weighted by atomic mass is 35.5. The number of carbonyl (C=O) groups excluding carboxylic acids is 1. The average Bonchev–Trinajstić information content (AvgIpc) is 3.88. The summed E-state index contributed by atoms with van der Waals surface area (Å²) in [5, 5.41) is 11.9. The van der Waals surface area contributed by atoms with Gasteiger partial charge in [0.05, 0.1) is 33.7 Å². The Balaban J connectivity index is 1.42. The van der Waals surface area contributed by atoms with Crippen LogP contribution in [0.1, 0.15) is 53.1 Å². The number of aromatic nitrogens is 1. The number of halogens is 4. The van der Waals surface area contributed by atoms with Crippen molar-refractivity contribution in [2.24, 2.45) is 11.8 Å². The summed E-state index contributed by atoms with van der Waals surface area (Å²) in [5.74, 6) is -0.906. The van der Waals surface area contributed by atoms with E-state index in [1.165, 1.54) is 48.8 Å². The molecule has 0 bridgehead atoms. The van der Waals surface area contributed by atoms with Crippen molar-refractivity contribution < 1.29 is 37.4 Å². The minimum Gasteiger partial charge on any atom is -0.489 e. The number of alkyl halides is 2. The molecule has 42 heavy (non-hydrogen) atoms. The number of hydrogen-bond acceptors (Lipinski definition) is 8. The smallest absolute Gasteiger partial charge is 0.387 e. The molecule has 0 unspecified atom stereocenters. The van der Waals surface area contributed by atoms with Gasteiger partial charge in [0.2, 0.25) is 0 Å². The van der Waals surface area contributed by atoms with E-state index in [0.29, 0.717) is 36.2 Å². The molecule has 3 aromatic rings. The maximum atomic E-state index is 13.1. The first kappa shape index (κ1) is 29.8. The molecule has 0 aliphatic heterocycles. The summed E-state index contributed by atoms with van der Waals surface area (Å²) in [6.07, 6.45) is 6.72. The third kappa shape index (κ3) is 7.57. The topological polar surface area (TPSA) is 110 Å². The number of hydrogen-bond donors (Lipinski definition) is 0. The molecule has 0 spiro atoms. The van der Waals surface area contributed by atoms with Gasteiger partial charge in [-0.15, -0.1) is 0 Å². The third-order valence-corrected chi connectivity index (χ3v) is 7.54. The van der Waals surface area contributed by atoms with Gasteiger partial charge in [0.15, 0.2) is 17.2 Å². The van der Waals surface area contributed by atoms with Gasteiger partial charge in [0.25, 0.3) is 0 Å². The van der Waals surface area contributed by atoms with E-state index in [0.717, 1.165) is 25.7 Å². The molecule has 2 fully saturated rings. The zero-order valence-corrected chi connectivity index (χ0v) is 23.7. The first-order chi connectivity index (χ1) is 20.2. The second-order valence-corrected chi connectivity index (χ2v) is 11.0. The molecule has 0 saturated heterocycles. The van der Waals surface area contributed by atoms with Gasteiger partial charge in [-0.3, -0.25) is 15.1 Å². The summed E-state index contributed by atoms with van der Waals surface area (Å²) >= 11 is 12.9. The van der Waals surface area contributed by atoms with Crippen molar-refractivity contribution in [3.8, 4) is 17.2 Å². The van der Waals surface area contributed by atoms with Crippen molar-refractivity contribution in [3.05, 3.63) is 85.6 Å². The Morgan fingerprint density at radius 3 is 2.19 bits per heavy atom. The lowest BCUT2D eigenvalue weighted by atomic mass is 9.92. The monoisotopic (exact) mass is 622 g/mol. The van der Waals surface area contributed by atoms with Crippen molar-refractivity contribution in [2.45, 2.75) is 38.2 Å². The van der Waals surface area contributed by atoms with Gasteiger partial charge in [0.1, 0.15) is 6.61 Å². The van der Waals surface area contributed by atoms with E-state index in [1.807, 2.05) is 0 Å². The normalized spacial score (nSPS) is 15.3. The van der Waals surface area contributed by atoms with Crippen molar-refractivity contribution in [2.75, 3.05) is 19.8 Å². The Morgan fingerprint density at radius 2 is 1.60 bits per heavy atom. The van der Waals surface area contributed by atoms with Crippen LogP contribution in [0.5, 0.6) is 17.2 Å². The van der Waals surface area contributed by atoms with E-state index < -0.39 is 23.4 Å². The quantitative estimate of drug-likeness (QED) is 0.103. The lowest BCUT2D eigenvalue weighted by Gasteiger charge is -2.22. The largest absolute Gasteiger partial charge is 0.489 e. The van der Waals surface area contributed by atoms with Gasteiger partial charge in [-0.25, -0.2) is 4.79 Å². The lowest BCUT2D eigenvalue weighted by molar-refractivity contribution is -0.385. The van der Waals surface area contributed by atoms with E-state index in [9.17, 15) is 23.7 Å². The van der Waals surface area contributed by atoms with Gasteiger partial charge in [-0.1, -0.05) is 29.3 Å². The van der Waals surface area contributed by atoms with Crippen molar-refractivity contribution in [1.29, 1.82) is 0 Å². The highest BCUT2D eigenvalue weighted by molar-refractivity contribution is 6.35. The van der Waals surface area contributed by atoms with Crippen LogP contribution in [0, 0.1) is 22.0 Å². The molecule has 1 atom stereocenters. The van der Waals surface area contributed by atoms with E-state index in [-0.39, 0.29) is 45.2 Å². The zero-order valence-electron chi connectivity index (χ0n) is 22.1. The first-order valence-electron chi connectivity index (χ1n) is 13.3. The Hall–Kier alpha value is -3.70. The Labute approximate surface area is 249 Å². The van der Waals surface area contributed by atoms with Crippen LogP contribution < -0.4 is 14.2 Å². The minimum absolute atomic E-state index is 0.0230. The number of rotatable bonds is 14. The van der Waals surface area contributed by atoms with E-state index in [2.05, 4.69) is 9.72 Å². The molecular weight excluding hydrogens is 597 g/mol. The van der Waals surface area contributed by atoms with Crippen LogP contribution in [0.3, 0.4) is 0 Å². The molecule has 1 heterocycles. The Bertz CT molecular complexity index is 1450. The van der Waals surface area contributed by atoms with Crippen LogP contribution in [-0.2, 0) is 4.74 Å². The molecule has 0 amide bonds. The van der Waals surface area contributed by atoms with Crippen LogP contribution in [0.2, 0.25) is 10.0 Å². The lowest BCUT2D eigenvalue weighted by Crippen LogP contribution is -2.16. The molecule has 2 aromatic carbocycles. The molecule has 9 nitrogen and oxygen atoms in total. The number of carbonyl (C=O) groups is 1. The van der Waals surface area contributed by atoms with E-state index in [4.69, 9.17) is 37.4 Å². The highest BCUT2D eigenvalue weighted by Gasteiger charge is 2.28. The average molecular weight is 623 g/mol. The molecule has 0 N–H and O–H groups in total. The number of nitro benzene ring substituents is 1. The van der Waals surface area contributed by atoms with Crippen molar-refractivity contribution in [1.82, 2.24) is 4.98 Å². The van der Waals surface area contributed by atoms with Gasteiger partial charge in [0, 0.05) is 36.0 Å². The summed E-state index contributed by atoms with van der Waals surface area (Å²) in [4.78, 5) is 28.0. The summed E-state index contributed by atoms with van der Waals surface area (Å²) in [5.41, 5.74) is 0.688. The maximum absolute atomic E-state index is 13.1. The fourth-order valence-electron chi connectivity index (χ4n) is 4.28. The number of nitro groups is 1. The number of benzene rings is 2. The molecule has 1 aromatic heterocycles. The van der Waals surface area contributed by atoms with Crippen molar-refractivity contribution in [3.63, 3.8) is 0 Å². The number of nitrogens with zero attached hydrogens (tertiary/aromatic N) is 2. The molecule has 5 rings (SSSR count). The molecule has 2 aliphatic carbocycles. The standard InChI is InChI=1S/C29H26Cl2F2N2O7/c30-21-11-34-12-22(31)27(21)20(18-6-8-24(42-29(32)33)26(9-18)40-14-17-3-4-17)15-41-28(36)19-5-7-23(35(37)38)25(10-19)39-13-16-1-2-16/h5-12,16-17,20,29H,1-4,13-15H2/t20-/m0/s1. The van der Waals surface area contributed by atoms with Gasteiger partial charge in [-0.2, -0.15) is 8.78 Å². The predicted molar refractivity (Wildman–Crippen MR) is 149 cm³/mol. The van der Waals surface area contributed by atoms with Gasteiger partial charge >= 0.3 is 18.3 Å². The molecule has 0 radical (unpaired) electrons. The van der Waals surface area contributed by atoms with Crippen LogP contribution in [0.15, 0.2) is 48.8 Å². The summed E-state index contributed by atoms with van der Waals surface area (Å²) in [6, 6.07) is 8.17. The fraction of sp³-hybridized carbons (Fsp3) is 0.379. The second-order valence-electron chi connectivity index (χ2n) is 10.2. The van der Waals surface area contributed by atoms with Crippen LogP contribution in [0.25, 0.3) is 0 Å².